The van der Waals surface area contributed by atoms with Crippen LogP contribution in [0.3, 0.4) is 0 Å². The molecule has 0 spiro atoms. The number of pyridine rings is 1. The number of aromatic nitrogens is 4. The van der Waals surface area contributed by atoms with Gasteiger partial charge in [0.1, 0.15) is 5.82 Å². The third-order valence-electron chi connectivity index (χ3n) is 6.03. The van der Waals surface area contributed by atoms with E-state index >= 15 is 0 Å². The molecule has 2 atom stereocenters. The van der Waals surface area contributed by atoms with Crippen molar-refractivity contribution in [2.45, 2.75) is 38.8 Å². The van der Waals surface area contributed by atoms with Crippen LogP contribution >= 0.6 is 0 Å². The maximum Gasteiger partial charge on any atom is 0.239 e. The highest BCUT2D eigenvalue weighted by Crippen LogP contribution is 2.31. The van der Waals surface area contributed by atoms with E-state index in [1.807, 2.05) is 36.3 Å². The van der Waals surface area contributed by atoms with E-state index in [0.717, 1.165) is 42.1 Å². The van der Waals surface area contributed by atoms with Crippen molar-refractivity contribution in [1.29, 1.82) is 0 Å². The maximum absolute atomic E-state index is 12.7. The van der Waals surface area contributed by atoms with Gasteiger partial charge in [0.25, 0.3) is 0 Å². The Hall–Kier alpha value is -3.20. The molecule has 2 N–H and O–H groups in total. The summed E-state index contributed by atoms with van der Waals surface area (Å²) in [6.07, 6.45) is 6.96. The maximum atomic E-state index is 12.7. The predicted molar refractivity (Wildman–Crippen MR) is 124 cm³/mol. The molecule has 0 unspecified atom stereocenters. The van der Waals surface area contributed by atoms with E-state index in [1.165, 1.54) is 0 Å². The van der Waals surface area contributed by atoms with Crippen molar-refractivity contribution in [3.8, 4) is 17.0 Å². The lowest BCUT2D eigenvalue weighted by molar-refractivity contribution is -0.133. The van der Waals surface area contributed by atoms with Crippen LogP contribution in [0.25, 0.3) is 16.8 Å². The third kappa shape index (κ3) is 4.25. The largest absolute Gasteiger partial charge is 0.481 e. The molecular formula is C23H31N7O2. The molecule has 4 heterocycles. The van der Waals surface area contributed by atoms with Crippen molar-refractivity contribution in [2.24, 2.45) is 11.7 Å². The van der Waals surface area contributed by atoms with Gasteiger partial charge in [0, 0.05) is 38.1 Å². The molecule has 0 radical (unpaired) electrons. The molecule has 1 fully saturated rings. The van der Waals surface area contributed by atoms with Gasteiger partial charge < -0.3 is 20.3 Å². The number of likely N-dealkylation sites (N-methyl/N-ethyl adjacent to an activating group) is 1. The number of carbonyl (C=O) groups is 1. The number of nitrogens with zero attached hydrogens (tertiary/aromatic N) is 6. The number of anilines is 1. The van der Waals surface area contributed by atoms with E-state index in [4.69, 9.17) is 15.5 Å². The van der Waals surface area contributed by atoms with Gasteiger partial charge in [-0.15, -0.1) is 0 Å². The number of hydrogen-bond donors (Lipinski definition) is 1. The van der Waals surface area contributed by atoms with Crippen LogP contribution in [0.2, 0.25) is 0 Å². The first-order valence-corrected chi connectivity index (χ1v) is 11.0. The number of methoxy groups -OCH3 is 1. The first-order chi connectivity index (χ1) is 15.4. The van der Waals surface area contributed by atoms with Gasteiger partial charge in [0.2, 0.25) is 11.8 Å². The molecule has 3 aromatic rings. The van der Waals surface area contributed by atoms with Crippen molar-refractivity contribution in [3.63, 3.8) is 0 Å². The Labute approximate surface area is 188 Å². The summed E-state index contributed by atoms with van der Waals surface area (Å²) in [5.74, 6) is 1.79. The minimum Gasteiger partial charge on any atom is -0.481 e. The van der Waals surface area contributed by atoms with Crippen molar-refractivity contribution in [2.75, 3.05) is 32.1 Å². The second-order valence-corrected chi connectivity index (χ2v) is 8.75. The fourth-order valence-corrected chi connectivity index (χ4v) is 4.30. The zero-order valence-electron chi connectivity index (χ0n) is 19.1. The molecule has 9 nitrogen and oxygen atoms in total. The van der Waals surface area contributed by atoms with Gasteiger partial charge in [-0.25, -0.2) is 14.5 Å². The first-order valence-electron chi connectivity index (χ1n) is 11.0. The van der Waals surface area contributed by atoms with Crippen LogP contribution in [-0.4, -0.2) is 69.7 Å². The van der Waals surface area contributed by atoms with Gasteiger partial charge in [-0.1, -0.05) is 13.8 Å². The van der Waals surface area contributed by atoms with Gasteiger partial charge in [-0.2, -0.15) is 5.10 Å². The minimum atomic E-state index is -0.452. The Morgan fingerprint density at radius 2 is 2.16 bits per heavy atom. The predicted octanol–water partition coefficient (Wildman–Crippen LogP) is 2.21. The van der Waals surface area contributed by atoms with Crippen LogP contribution in [0.4, 0.5) is 5.82 Å². The summed E-state index contributed by atoms with van der Waals surface area (Å²) in [5, 5.41) is 4.43. The smallest absolute Gasteiger partial charge is 0.239 e. The zero-order valence-corrected chi connectivity index (χ0v) is 19.1. The van der Waals surface area contributed by atoms with E-state index in [1.54, 1.807) is 24.0 Å². The lowest BCUT2D eigenvalue weighted by atomic mass is 10.0. The Kier molecular flexibility index (Phi) is 6.27. The summed E-state index contributed by atoms with van der Waals surface area (Å²) >= 11 is 0. The Morgan fingerprint density at radius 3 is 2.91 bits per heavy atom. The minimum absolute atomic E-state index is 0.00992. The van der Waals surface area contributed by atoms with Gasteiger partial charge in [-0.3, -0.25) is 4.79 Å². The highest BCUT2D eigenvalue weighted by atomic mass is 16.5. The molecule has 9 heteroatoms. The number of carbonyl (C=O) groups excluding carboxylic acids is 1. The van der Waals surface area contributed by atoms with Gasteiger partial charge >= 0.3 is 0 Å². The second kappa shape index (κ2) is 9.12. The molecule has 3 aromatic heterocycles. The molecular weight excluding hydrogens is 406 g/mol. The highest BCUT2D eigenvalue weighted by molar-refractivity contribution is 5.82. The number of amides is 1. The highest BCUT2D eigenvalue weighted by Gasteiger charge is 2.31. The second-order valence-electron chi connectivity index (χ2n) is 8.75. The number of ether oxygens (including phenoxy) is 1. The number of hydrogen-bond acceptors (Lipinski definition) is 7. The van der Waals surface area contributed by atoms with Crippen LogP contribution in [0.5, 0.6) is 5.88 Å². The molecule has 1 saturated heterocycles. The molecule has 0 bridgehead atoms. The topological polar surface area (TPSA) is 102 Å². The summed E-state index contributed by atoms with van der Waals surface area (Å²) in [7, 11) is 3.46. The Balaban J connectivity index is 1.54. The van der Waals surface area contributed by atoms with E-state index in [2.05, 4.69) is 28.8 Å². The van der Waals surface area contributed by atoms with Crippen LogP contribution in [0.15, 0.2) is 36.8 Å². The van der Waals surface area contributed by atoms with E-state index in [-0.39, 0.29) is 11.9 Å². The van der Waals surface area contributed by atoms with Crippen LogP contribution < -0.4 is 15.4 Å². The molecule has 0 aliphatic carbocycles. The van der Waals surface area contributed by atoms with E-state index < -0.39 is 6.04 Å². The number of rotatable bonds is 7. The van der Waals surface area contributed by atoms with E-state index in [0.29, 0.717) is 18.2 Å². The molecule has 0 aromatic carbocycles. The molecule has 32 heavy (non-hydrogen) atoms. The van der Waals surface area contributed by atoms with Crippen molar-refractivity contribution in [3.05, 3.63) is 36.8 Å². The normalized spacial score (nSPS) is 17.2. The van der Waals surface area contributed by atoms with E-state index in [9.17, 15) is 4.79 Å². The summed E-state index contributed by atoms with van der Waals surface area (Å²) in [6, 6.07) is 5.43. The summed E-state index contributed by atoms with van der Waals surface area (Å²) in [6.45, 7) is 5.71. The molecule has 1 aliphatic rings. The number of fused-ring (bicyclic) bond motifs is 1. The van der Waals surface area contributed by atoms with Gasteiger partial charge in [0.15, 0.2) is 5.65 Å². The van der Waals surface area contributed by atoms with Crippen molar-refractivity contribution in [1.82, 2.24) is 24.5 Å². The molecule has 0 saturated carbocycles. The summed E-state index contributed by atoms with van der Waals surface area (Å²) < 4.78 is 7.17. The Bertz CT molecular complexity index is 1100. The standard InChI is InChI=1S/C23H31N7O2/c1-15(2)12-19(24)23(31)28(3)16-7-10-29(14-16)20-8-11-30-21(27-20)18(13-26-30)17-6-5-9-25-22(17)32-4/h5-6,8-9,11,13,15-16,19H,7,10,12,14,24H2,1-4H3/t16-,19-/m0/s1. The lowest BCUT2D eigenvalue weighted by Gasteiger charge is -2.28. The fourth-order valence-electron chi connectivity index (χ4n) is 4.30. The number of nitrogens with two attached hydrogens (primary N) is 1. The zero-order chi connectivity index (χ0) is 22.8. The summed E-state index contributed by atoms with van der Waals surface area (Å²) in [5.41, 5.74) is 8.58. The van der Waals surface area contributed by atoms with Crippen molar-refractivity contribution >= 4 is 17.4 Å². The quantitative estimate of drug-likeness (QED) is 0.605. The summed E-state index contributed by atoms with van der Waals surface area (Å²) in [4.78, 5) is 26.0. The van der Waals surface area contributed by atoms with Gasteiger partial charge in [0.05, 0.1) is 31.0 Å². The molecule has 1 amide bonds. The Morgan fingerprint density at radius 1 is 1.34 bits per heavy atom. The SMILES string of the molecule is COc1ncccc1-c1cnn2ccc(N3CC[C@H](N(C)C(=O)[C@@H](N)CC(C)C)C3)nc12. The first kappa shape index (κ1) is 22.0. The molecule has 170 valence electrons. The third-order valence-corrected chi connectivity index (χ3v) is 6.03. The van der Waals surface area contributed by atoms with Crippen LogP contribution in [-0.2, 0) is 4.79 Å². The monoisotopic (exact) mass is 437 g/mol. The van der Waals surface area contributed by atoms with Gasteiger partial charge in [-0.05, 0) is 37.0 Å². The lowest BCUT2D eigenvalue weighted by Crippen LogP contribution is -2.47. The van der Waals surface area contributed by atoms with Crippen molar-refractivity contribution < 1.29 is 9.53 Å². The fraction of sp³-hybridized carbons (Fsp3) is 0.478. The molecule has 1 aliphatic heterocycles. The van der Waals surface area contributed by atoms with Crippen LogP contribution in [0.1, 0.15) is 26.7 Å². The average molecular weight is 438 g/mol. The average Bonchev–Trinajstić information content (AvgIpc) is 3.44. The molecule has 4 rings (SSSR count). The van der Waals surface area contributed by atoms with Crippen LogP contribution in [0, 0.1) is 5.92 Å².